The Labute approximate surface area is 181 Å². The van der Waals surface area contributed by atoms with Crippen molar-refractivity contribution in [2.45, 2.75) is 6.61 Å². The van der Waals surface area contributed by atoms with E-state index in [0.29, 0.717) is 11.5 Å². The van der Waals surface area contributed by atoms with Crippen LogP contribution in [0.4, 0.5) is 5.69 Å². The highest BCUT2D eigenvalue weighted by Gasteiger charge is 2.23. The van der Waals surface area contributed by atoms with Gasteiger partial charge in [0.25, 0.3) is 0 Å². The van der Waals surface area contributed by atoms with E-state index in [4.69, 9.17) is 9.47 Å². The molecule has 1 heterocycles. The number of rotatable bonds is 8. The molecule has 0 aliphatic rings. The van der Waals surface area contributed by atoms with Gasteiger partial charge in [-0.25, -0.2) is 0 Å². The molecular weight excluding hydrogens is 454 g/mol. The van der Waals surface area contributed by atoms with Gasteiger partial charge < -0.3 is 9.47 Å². The lowest BCUT2D eigenvalue weighted by Crippen LogP contribution is -2.01. The van der Waals surface area contributed by atoms with E-state index in [0.717, 1.165) is 15.6 Å². The summed E-state index contributed by atoms with van der Waals surface area (Å²) in [5, 5.41) is 15.0. The zero-order valence-electron chi connectivity index (χ0n) is 16.2. The number of hydrogen-bond donors (Lipinski definition) is 0. The highest BCUT2D eigenvalue weighted by molar-refractivity contribution is 9.10. The van der Waals surface area contributed by atoms with Gasteiger partial charge in [-0.2, -0.15) is 5.10 Å². The van der Waals surface area contributed by atoms with Crippen LogP contribution in [-0.2, 0) is 13.7 Å². The number of carbonyl (C=O) groups excluding carboxylic acids is 1. The van der Waals surface area contributed by atoms with Gasteiger partial charge in [-0.05, 0) is 42.0 Å². The molecule has 0 bridgehead atoms. The Hall–Kier alpha value is -3.46. The number of hydrogen-bond acceptors (Lipinski definition) is 6. The lowest BCUT2D eigenvalue weighted by Gasteiger charge is -2.11. The monoisotopic (exact) mass is 471 g/mol. The van der Waals surface area contributed by atoms with Gasteiger partial charge >= 0.3 is 5.69 Å². The minimum absolute atomic E-state index is 0.203. The van der Waals surface area contributed by atoms with Crippen LogP contribution < -0.4 is 9.47 Å². The maximum atomic E-state index is 12.4. The number of nitro groups is 1. The van der Waals surface area contributed by atoms with E-state index in [1.807, 2.05) is 30.3 Å². The van der Waals surface area contributed by atoms with Crippen molar-refractivity contribution in [1.29, 1.82) is 0 Å². The largest absolute Gasteiger partial charge is 0.496 e. The van der Waals surface area contributed by atoms with Crippen molar-refractivity contribution < 1.29 is 19.2 Å². The van der Waals surface area contributed by atoms with Gasteiger partial charge in [-0.15, -0.1) is 0 Å². The summed E-state index contributed by atoms with van der Waals surface area (Å²) in [7, 11) is 3.09. The van der Waals surface area contributed by atoms with E-state index in [1.165, 1.54) is 24.0 Å². The van der Waals surface area contributed by atoms with Gasteiger partial charge in [0, 0.05) is 17.1 Å². The second-order valence-electron chi connectivity index (χ2n) is 6.31. The Kier molecular flexibility index (Phi) is 6.63. The van der Waals surface area contributed by atoms with Crippen molar-refractivity contribution in [1.82, 2.24) is 9.78 Å². The first-order valence-corrected chi connectivity index (χ1v) is 9.62. The van der Waals surface area contributed by atoms with Crippen LogP contribution in [0.5, 0.6) is 11.5 Å². The number of aromatic nitrogens is 2. The van der Waals surface area contributed by atoms with E-state index in [-0.39, 0.29) is 18.0 Å². The molecule has 0 N–H and O–H groups in total. The molecule has 0 unspecified atom stereocenters. The molecule has 2 aromatic carbocycles. The highest BCUT2D eigenvalue weighted by Crippen LogP contribution is 2.25. The molecule has 30 heavy (non-hydrogen) atoms. The van der Waals surface area contributed by atoms with Crippen molar-refractivity contribution in [2.75, 3.05) is 7.11 Å². The molecular formula is C21H18BrN3O5. The topological polar surface area (TPSA) is 96.5 Å². The van der Waals surface area contributed by atoms with Crippen LogP contribution in [0.3, 0.4) is 0 Å². The number of carbonyl (C=O) groups is 1. The zero-order valence-corrected chi connectivity index (χ0v) is 17.8. The highest BCUT2D eigenvalue weighted by atomic mass is 79.9. The Morgan fingerprint density at radius 2 is 2.10 bits per heavy atom. The predicted octanol–water partition coefficient (Wildman–Crippen LogP) is 4.57. The normalized spacial score (nSPS) is 10.9. The molecule has 0 amide bonds. The van der Waals surface area contributed by atoms with E-state index in [2.05, 4.69) is 21.0 Å². The minimum Gasteiger partial charge on any atom is -0.496 e. The van der Waals surface area contributed by atoms with Crippen molar-refractivity contribution in [3.8, 4) is 11.5 Å². The molecule has 0 spiro atoms. The predicted molar refractivity (Wildman–Crippen MR) is 115 cm³/mol. The second kappa shape index (κ2) is 9.36. The Morgan fingerprint density at radius 3 is 2.80 bits per heavy atom. The smallest absolute Gasteiger partial charge is 0.318 e. The fourth-order valence-corrected chi connectivity index (χ4v) is 3.15. The van der Waals surface area contributed by atoms with Gasteiger partial charge in [-0.3, -0.25) is 19.6 Å². The van der Waals surface area contributed by atoms with Gasteiger partial charge in [0.2, 0.25) is 11.5 Å². The minimum atomic E-state index is -0.626. The third-order valence-corrected chi connectivity index (χ3v) is 4.65. The van der Waals surface area contributed by atoms with E-state index < -0.39 is 10.7 Å². The van der Waals surface area contributed by atoms with Crippen molar-refractivity contribution in [3.63, 3.8) is 0 Å². The summed E-state index contributed by atoms with van der Waals surface area (Å²) >= 11 is 3.40. The first-order chi connectivity index (χ1) is 14.4. The number of nitrogens with zero attached hydrogens (tertiary/aromatic N) is 3. The van der Waals surface area contributed by atoms with Gasteiger partial charge in [0.05, 0.1) is 12.0 Å². The molecule has 3 aromatic rings. The number of halogens is 1. The van der Waals surface area contributed by atoms with Crippen LogP contribution in [-0.4, -0.2) is 27.6 Å². The van der Waals surface area contributed by atoms with Crippen molar-refractivity contribution in [3.05, 3.63) is 86.1 Å². The molecule has 8 nitrogen and oxygen atoms in total. The summed E-state index contributed by atoms with van der Waals surface area (Å²) < 4.78 is 13.4. The van der Waals surface area contributed by atoms with Crippen LogP contribution in [0, 0.1) is 10.1 Å². The lowest BCUT2D eigenvalue weighted by molar-refractivity contribution is -0.385. The summed E-state index contributed by atoms with van der Waals surface area (Å²) in [5.74, 6) is 0.795. The Morgan fingerprint density at radius 1 is 1.30 bits per heavy atom. The molecule has 3 rings (SSSR count). The van der Waals surface area contributed by atoms with Crippen LogP contribution in [0.15, 0.2) is 59.2 Å². The van der Waals surface area contributed by atoms with Crippen LogP contribution in [0.2, 0.25) is 0 Å². The molecule has 0 atom stereocenters. The van der Waals surface area contributed by atoms with Crippen LogP contribution >= 0.6 is 15.9 Å². The second-order valence-corrected chi connectivity index (χ2v) is 7.22. The van der Waals surface area contributed by atoms with Crippen LogP contribution in [0.1, 0.15) is 21.6 Å². The first-order valence-electron chi connectivity index (χ1n) is 8.83. The molecule has 0 fully saturated rings. The molecule has 154 valence electrons. The van der Waals surface area contributed by atoms with E-state index in [1.54, 1.807) is 25.3 Å². The summed E-state index contributed by atoms with van der Waals surface area (Å²) in [5.41, 5.74) is 0.974. The average Bonchev–Trinajstić information content (AvgIpc) is 3.13. The van der Waals surface area contributed by atoms with Crippen molar-refractivity contribution >= 4 is 33.5 Å². The molecule has 0 saturated heterocycles. The third-order valence-electron chi connectivity index (χ3n) is 4.16. The zero-order chi connectivity index (χ0) is 21.7. The average molecular weight is 472 g/mol. The summed E-state index contributed by atoms with van der Waals surface area (Å²) in [6.45, 7) is 0.265. The molecule has 9 heteroatoms. The van der Waals surface area contributed by atoms with Gasteiger partial charge in [-0.1, -0.05) is 34.1 Å². The fourth-order valence-electron chi connectivity index (χ4n) is 2.77. The first kappa shape index (κ1) is 21.3. The molecule has 0 aliphatic carbocycles. The van der Waals surface area contributed by atoms with Crippen molar-refractivity contribution in [2.24, 2.45) is 7.05 Å². The number of aryl methyl sites for hydroxylation is 1. The lowest BCUT2D eigenvalue weighted by atomic mass is 10.1. The van der Waals surface area contributed by atoms with Crippen LogP contribution in [0.25, 0.3) is 6.08 Å². The molecule has 0 aliphatic heterocycles. The maximum Gasteiger partial charge on any atom is 0.318 e. The Bertz CT molecular complexity index is 1120. The SMILES string of the molecule is COc1ccc(/C=C/C(=O)c2nn(C)cc2[N+](=O)[O-])cc1COc1cccc(Br)c1. The summed E-state index contributed by atoms with van der Waals surface area (Å²) in [4.78, 5) is 22.8. The standard InChI is InChI=1S/C21H18BrN3O5/c1-24-12-18(25(27)28)21(23-24)19(26)8-6-14-7-9-20(29-2)15(10-14)13-30-17-5-3-4-16(22)11-17/h3-12H,13H2,1-2H3/b8-6+. The Balaban J connectivity index is 1.79. The molecule has 0 radical (unpaired) electrons. The fraction of sp³-hybridized carbons (Fsp3) is 0.143. The summed E-state index contributed by atoms with van der Waals surface area (Å²) in [6, 6.07) is 12.9. The number of ether oxygens (including phenoxy) is 2. The number of ketones is 1. The molecule has 1 aromatic heterocycles. The maximum absolute atomic E-state index is 12.4. The van der Waals surface area contributed by atoms with E-state index in [9.17, 15) is 14.9 Å². The third kappa shape index (κ3) is 5.12. The number of methoxy groups -OCH3 is 1. The number of benzene rings is 2. The quantitative estimate of drug-likeness (QED) is 0.206. The van der Waals surface area contributed by atoms with E-state index >= 15 is 0 Å². The van der Waals surface area contributed by atoms with Gasteiger partial charge in [0.15, 0.2) is 0 Å². The van der Waals surface area contributed by atoms with Gasteiger partial charge in [0.1, 0.15) is 24.3 Å². The number of allylic oxidation sites excluding steroid dienone is 1. The summed E-state index contributed by atoms with van der Waals surface area (Å²) in [6.07, 6.45) is 4.03. The molecule has 0 saturated carbocycles.